The first-order valence-electron chi connectivity index (χ1n) is 17.3. The molecule has 0 saturated carbocycles. The highest BCUT2D eigenvalue weighted by Gasteiger charge is 2.25. The fourth-order valence-electron chi connectivity index (χ4n) is 7.06. The van der Waals surface area contributed by atoms with E-state index in [0.717, 1.165) is 9.52 Å². The van der Waals surface area contributed by atoms with Crippen LogP contribution in [0.15, 0.2) is 109 Å². The summed E-state index contributed by atoms with van der Waals surface area (Å²) in [6.45, 7) is 18.6. The molecule has 6 aromatic rings. The maximum absolute atomic E-state index is 2.62. The SMILES string of the molecule is CC[Si]c1cc(N(c2cc(C)cc(C(C)(C)C)c2)c2c3ccccc3c(C)c3cc(-c4ccccc4)ccc23)cc([Si](CC)CC)c1. The van der Waals surface area contributed by atoms with Crippen LogP contribution in [0.3, 0.4) is 0 Å². The van der Waals surface area contributed by atoms with E-state index in [1.54, 1.807) is 5.19 Å². The van der Waals surface area contributed by atoms with Gasteiger partial charge in [0, 0.05) is 22.1 Å². The summed E-state index contributed by atoms with van der Waals surface area (Å²) in [4.78, 5) is 2.62. The van der Waals surface area contributed by atoms with Gasteiger partial charge in [0.25, 0.3) is 0 Å². The molecular formula is C44H48NSi2. The molecule has 0 fully saturated rings. The summed E-state index contributed by atoms with van der Waals surface area (Å²) in [5.74, 6) is 0. The molecule has 47 heavy (non-hydrogen) atoms. The molecule has 3 radical (unpaired) electrons. The summed E-state index contributed by atoms with van der Waals surface area (Å²) in [7, 11) is 0.155. The first kappa shape index (κ1) is 33.0. The fraction of sp³-hybridized carbons (Fsp3) is 0.273. The third-order valence-electron chi connectivity index (χ3n) is 9.60. The maximum atomic E-state index is 2.62. The van der Waals surface area contributed by atoms with Crippen molar-refractivity contribution in [3.63, 3.8) is 0 Å². The van der Waals surface area contributed by atoms with Crippen LogP contribution in [-0.2, 0) is 5.41 Å². The van der Waals surface area contributed by atoms with Crippen LogP contribution in [0.4, 0.5) is 17.1 Å². The van der Waals surface area contributed by atoms with Crippen molar-refractivity contribution in [2.75, 3.05) is 4.90 Å². The van der Waals surface area contributed by atoms with Crippen LogP contribution in [0.5, 0.6) is 0 Å². The van der Waals surface area contributed by atoms with Gasteiger partial charge in [0.2, 0.25) is 0 Å². The van der Waals surface area contributed by atoms with Gasteiger partial charge >= 0.3 is 0 Å². The molecule has 0 aliphatic carbocycles. The minimum absolute atomic E-state index is 0.0334. The molecule has 0 N–H and O–H groups in total. The summed E-state index contributed by atoms with van der Waals surface area (Å²) in [6.07, 6.45) is 0. The van der Waals surface area contributed by atoms with Crippen molar-refractivity contribution in [3.8, 4) is 11.1 Å². The molecule has 0 amide bonds. The van der Waals surface area contributed by atoms with E-state index in [1.165, 1.54) is 89.7 Å². The van der Waals surface area contributed by atoms with Gasteiger partial charge in [-0.15, -0.1) is 0 Å². The van der Waals surface area contributed by atoms with E-state index in [0.29, 0.717) is 0 Å². The predicted octanol–water partition coefficient (Wildman–Crippen LogP) is 11.6. The summed E-state index contributed by atoms with van der Waals surface area (Å²) in [5.41, 5.74) is 10.3. The molecule has 237 valence electrons. The zero-order valence-electron chi connectivity index (χ0n) is 29.5. The van der Waals surface area contributed by atoms with Gasteiger partial charge in [0.15, 0.2) is 0 Å². The monoisotopic (exact) mass is 646 g/mol. The molecule has 0 aliphatic rings. The Kier molecular flexibility index (Phi) is 9.59. The summed E-state index contributed by atoms with van der Waals surface area (Å²) in [5, 5.41) is 8.26. The number of benzene rings is 6. The fourth-order valence-corrected chi connectivity index (χ4v) is 10.1. The topological polar surface area (TPSA) is 3.24 Å². The highest BCUT2D eigenvalue weighted by molar-refractivity contribution is 6.73. The normalized spacial score (nSPS) is 11.9. The van der Waals surface area contributed by atoms with E-state index >= 15 is 0 Å². The number of hydrogen-bond donors (Lipinski definition) is 0. The van der Waals surface area contributed by atoms with Crippen LogP contribution in [0, 0.1) is 13.8 Å². The highest BCUT2D eigenvalue weighted by Crippen LogP contribution is 2.46. The van der Waals surface area contributed by atoms with Gasteiger partial charge in [-0.1, -0.05) is 149 Å². The zero-order valence-corrected chi connectivity index (χ0v) is 31.5. The lowest BCUT2D eigenvalue weighted by Gasteiger charge is -2.32. The van der Waals surface area contributed by atoms with Crippen LogP contribution in [0.25, 0.3) is 32.7 Å². The van der Waals surface area contributed by atoms with E-state index in [9.17, 15) is 0 Å². The second kappa shape index (κ2) is 13.7. The summed E-state index contributed by atoms with van der Waals surface area (Å²) in [6, 6.07) is 45.4. The van der Waals surface area contributed by atoms with E-state index in [4.69, 9.17) is 0 Å². The van der Waals surface area contributed by atoms with Crippen molar-refractivity contribution >= 4 is 67.3 Å². The number of nitrogens with zero attached hydrogens (tertiary/aromatic N) is 1. The molecule has 1 nitrogen and oxygen atoms in total. The number of fused-ring (bicyclic) bond motifs is 2. The number of anilines is 3. The molecule has 0 heterocycles. The Bertz CT molecular complexity index is 2030. The Hall–Kier alpha value is -3.93. The van der Waals surface area contributed by atoms with Gasteiger partial charge in [-0.3, -0.25) is 0 Å². The first-order valence-corrected chi connectivity index (χ1v) is 20.4. The van der Waals surface area contributed by atoms with Gasteiger partial charge in [-0.05, 0) is 88.2 Å². The van der Waals surface area contributed by atoms with E-state index in [1.807, 2.05) is 0 Å². The molecular weight excluding hydrogens is 599 g/mol. The Morgan fingerprint density at radius 1 is 0.617 bits per heavy atom. The van der Waals surface area contributed by atoms with Crippen LogP contribution in [0.1, 0.15) is 58.2 Å². The number of aryl methyl sites for hydroxylation is 2. The van der Waals surface area contributed by atoms with Crippen molar-refractivity contribution in [2.24, 2.45) is 0 Å². The van der Waals surface area contributed by atoms with Crippen molar-refractivity contribution in [3.05, 3.63) is 126 Å². The van der Waals surface area contributed by atoms with Crippen molar-refractivity contribution < 1.29 is 0 Å². The van der Waals surface area contributed by atoms with Crippen LogP contribution in [0.2, 0.25) is 18.1 Å². The lowest BCUT2D eigenvalue weighted by Crippen LogP contribution is -2.33. The standard InChI is InChI=1S/C44H48NSi2/c1-9-46-37-27-36(28-38(29-37)47(10-2)11-3)45(35-24-30(4)23-34(26-35)44(6,7)8)43-40-20-16-15-19-39(40)31(5)42-25-33(21-22-41(42)43)32-17-13-12-14-18-32/h12-29H,9-11H2,1-8H3. The minimum Gasteiger partial charge on any atom is -0.309 e. The van der Waals surface area contributed by atoms with Crippen molar-refractivity contribution in [2.45, 2.75) is 78.9 Å². The molecule has 0 unspecified atom stereocenters. The predicted molar refractivity (Wildman–Crippen MR) is 212 cm³/mol. The summed E-state index contributed by atoms with van der Waals surface area (Å²) < 4.78 is 0. The third-order valence-corrected chi connectivity index (χ3v) is 13.5. The van der Waals surface area contributed by atoms with Crippen molar-refractivity contribution in [1.82, 2.24) is 0 Å². The van der Waals surface area contributed by atoms with Gasteiger partial charge in [-0.25, -0.2) is 0 Å². The quantitative estimate of drug-likeness (QED) is 0.112. The van der Waals surface area contributed by atoms with Gasteiger partial charge in [-0.2, -0.15) is 0 Å². The molecule has 6 rings (SSSR count). The lowest BCUT2D eigenvalue weighted by molar-refractivity contribution is 0.590. The largest absolute Gasteiger partial charge is 0.309 e. The van der Waals surface area contributed by atoms with Crippen molar-refractivity contribution in [1.29, 1.82) is 0 Å². The first-order chi connectivity index (χ1) is 22.6. The average Bonchev–Trinajstić information content (AvgIpc) is 3.07. The van der Waals surface area contributed by atoms with Gasteiger partial charge < -0.3 is 4.90 Å². The second-order valence-electron chi connectivity index (χ2n) is 13.9. The Labute approximate surface area is 287 Å². The van der Waals surface area contributed by atoms with Crippen LogP contribution >= 0.6 is 0 Å². The molecule has 0 spiro atoms. The summed E-state index contributed by atoms with van der Waals surface area (Å²) >= 11 is 0. The molecule has 3 heteroatoms. The minimum atomic E-state index is -0.647. The lowest BCUT2D eigenvalue weighted by atomic mass is 9.85. The Morgan fingerprint density at radius 3 is 1.96 bits per heavy atom. The molecule has 0 saturated heterocycles. The zero-order chi connectivity index (χ0) is 33.3. The molecule has 6 aromatic carbocycles. The average molecular weight is 647 g/mol. The molecule has 0 aliphatic heterocycles. The van der Waals surface area contributed by atoms with Crippen LogP contribution in [-0.4, -0.2) is 18.3 Å². The highest BCUT2D eigenvalue weighted by atomic mass is 28.3. The van der Waals surface area contributed by atoms with Crippen LogP contribution < -0.4 is 15.3 Å². The molecule has 0 bridgehead atoms. The van der Waals surface area contributed by atoms with Gasteiger partial charge in [0.1, 0.15) is 0 Å². The molecule has 0 aromatic heterocycles. The molecule has 0 atom stereocenters. The van der Waals surface area contributed by atoms with E-state index < -0.39 is 8.80 Å². The number of rotatable bonds is 9. The second-order valence-corrected chi connectivity index (χ2v) is 18.7. The Morgan fingerprint density at radius 2 is 1.28 bits per heavy atom. The van der Waals surface area contributed by atoms with Gasteiger partial charge in [0.05, 0.1) is 24.0 Å². The van der Waals surface area contributed by atoms with E-state index in [-0.39, 0.29) is 5.41 Å². The number of hydrogen-bond acceptors (Lipinski definition) is 1. The Balaban J connectivity index is 1.75. The van der Waals surface area contributed by atoms with E-state index in [2.05, 4.69) is 169 Å². The smallest absolute Gasteiger partial charge is 0.0851 e. The maximum Gasteiger partial charge on any atom is 0.0851 e. The third kappa shape index (κ3) is 6.61.